The number of hydrogen-bond donors (Lipinski definition) is 2. The van der Waals surface area contributed by atoms with Gasteiger partial charge in [-0.05, 0) is 148 Å². The lowest BCUT2D eigenvalue weighted by atomic mass is 9.53. The molecule has 1 amide bonds. The van der Waals surface area contributed by atoms with Gasteiger partial charge >= 0.3 is 0 Å². The van der Waals surface area contributed by atoms with Crippen LogP contribution in [-0.2, 0) is 11.2 Å². The molecule has 5 nitrogen and oxygen atoms in total. The van der Waals surface area contributed by atoms with Crippen molar-refractivity contribution in [2.24, 2.45) is 23.2 Å². The van der Waals surface area contributed by atoms with E-state index >= 15 is 0 Å². The highest BCUT2D eigenvalue weighted by molar-refractivity contribution is 5.91. The van der Waals surface area contributed by atoms with Crippen molar-refractivity contribution >= 4 is 11.6 Å². The maximum Gasteiger partial charge on any atom is 0.224 e. The van der Waals surface area contributed by atoms with Crippen LogP contribution in [0.4, 0.5) is 5.69 Å². The molecule has 2 saturated carbocycles. The van der Waals surface area contributed by atoms with Crippen LogP contribution in [0, 0.1) is 30.1 Å². The van der Waals surface area contributed by atoms with E-state index in [0.717, 1.165) is 48.7 Å². The molecule has 0 spiro atoms. The van der Waals surface area contributed by atoms with Gasteiger partial charge in [-0.25, -0.2) is 0 Å². The van der Waals surface area contributed by atoms with Crippen molar-refractivity contribution in [1.29, 1.82) is 0 Å². The number of amides is 1. The van der Waals surface area contributed by atoms with E-state index in [1.165, 1.54) is 62.7 Å². The number of phenolic OH excluding ortho intramolecular Hbond substituents is 1. The monoisotopic (exact) mass is 544 g/mol. The number of hydrogen-bond acceptors (Lipinski definition) is 4. The van der Waals surface area contributed by atoms with Crippen LogP contribution in [0.25, 0.3) is 0 Å². The summed E-state index contributed by atoms with van der Waals surface area (Å²) in [6.45, 7) is 10.4. The van der Waals surface area contributed by atoms with E-state index in [0.29, 0.717) is 35.3 Å². The summed E-state index contributed by atoms with van der Waals surface area (Å²) in [5.41, 5.74) is 4.90. The number of aryl methyl sites for hydroxylation is 2. The molecule has 0 radical (unpaired) electrons. The van der Waals surface area contributed by atoms with Crippen molar-refractivity contribution in [3.63, 3.8) is 0 Å². The molecule has 6 rings (SSSR count). The number of likely N-dealkylation sites (tertiary alicyclic amines) is 1. The summed E-state index contributed by atoms with van der Waals surface area (Å²) >= 11 is 0. The van der Waals surface area contributed by atoms with Gasteiger partial charge in [0.1, 0.15) is 17.6 Å². The molecule has 216 valence electrons. The predicted octanol–water partition coefficient (Wildman–Crippen LogP) is 7.45. The number of carbonyl (C=O) groups excluding carboxylic acids is 1. The van der Waals surface area contributed by atoms with Gasteiger partial charge in [0.25, 0.3) is 0 Å². The molecule has 40 heavy (non-hydrogen) atoms. The number of benzene rings is 2. The van der Waals surface area contributed by atoms with Crippen molar-refractivity contribution in [2.75, 3.05) is 25.0 Å². The Bertz CT molecular complexity index is 1220. The Morgan fingerprint density at radius 2 is 1.93 bits per heavy atom. The minimum absolute atomic E-state index is 0.0974. The van der Waals surface area contributed by atoms with Gasteiger partial charge in [-0.15, -0.1) is 0 Å². The van der Waals surface area contributed by atoms with Crippen LogP contribution in [0.2, 0.25) is 0 Å². The summed E-state index contributed by atoms with van der Waals surface area (Å²) in [6, 6.07) is 12.2. The van der Waals surface area contributed by atoms with Gasteiger partial charge in [-0.2, -0.15) is 0 Å². The molecule has 2 aromatic carbocycles. The first kappa shape index (κ1) is 27.6. The number of ether oxygens (including phenoxy) is 1. The maximum absolute atomic E-state index is 12.7. The molecule has 2 N–H and O–H groups in total. The Kier molecular flexibility index (Phi) is 7.87. The standard InChI is InChI=1S/C35H48N2O3/c1-23-20-27(12-16-31(23)36-33(39)8-7-19-37-17-5-4-6-18-37)40-32-22-35(3)24(2)9-15-30(35)29-13-10-25-21-26(38)11-14-28(25)34(29)32/h11-12,14,16,20-21,24,29-30,32,34,38H,4-10,13,15,17-19,22H2,1-3H3,(H,36,39)/t24-,29-,30-,32-,34+,35+/m0/s1. The van der Waals surface area contributed by atoms with Gasteiger partial charge in [0.15, 0.2) is 0 Å². The second-order valence-electron chi connectivity index (χ2n) is 13.6. The third kappa shape index (κ3) is 5.38. The normalized spacial score (nSPS) is 31.6. The maximum atomic E-state index is 12.7. The molecular weight excluding hydrogens is 496 g/mol. The lowest BCUT2D eigenvalue weighted by molar-refractivity contribution is -0.116. The molecular formula is C35H48N2O3. The van der Waals surface area contributed by atoms with E-state index in [-0.39, 0.29) is 12.0 Å². The lowest BCUT2D eigenvalue weighted by Gasteiger charge is -2.53. The van der Waals surface area contributed by atoms with Crippen LogP contribution in [0.15, 0.2) is 36.4 Å². The number of nitrogens with one attached hydrogen (secondary N) is 1. The summed E-state index contributed by atoms with van der Waals surface area (Å²) in [4.78, 5) is 15.2. The summed E-state index contributed by atoms with van der Waals surface area (Å²) in [7, 11) is 0. The van der Waals surface area contributed by atoms with E-state index in [2.05, 4.69) is 43.1 Å². The third-order valence-corrected chi connectivity index (χ3v) is 11.2. The fourth-order valence-corrected chi connectivity index (χ4v) is 8.86. The quantitative estimate of drug-likeness (QED) is 0.380. The van der Waals surface area contributed by atoms with Crippen LogP contribution >= 0.6 is 0 Å². The molecule has 1 heterocycles. The van der Waals surface area contributed by atoms with Crippen LogP contribution in [-0.4, -0.2) is 41.7 Å². The Hall–Kier alpha value is -2.53. The number of carbonyl (C=O) groups is 1. The molecule has 5 heteroatoms. The number of anilines is 1. The van der Waals surface area contributed by atoms with Crippen LogP contribution < -0.4 is 10.1 Å². The second kappa shape index (κ2) is 11.4. The number of phenols is 1. The highest BCUT2D eigenvalue weighted by Crippen LogP contribution is 2.63. The number of nitrogens with zero attached hydrogens (tertiary/aromatic N) is 1. The van der Waals surface area contributed by atoms with E-state index in [9.17, 15) is 9.90 Å². The fraction of sp³-hybridized carbons (Fsp3) is 0.629. The third-order valence-electron chi connectivity index (χ3n) is 11.2. The highest BCUT2D eigenvalue weighted by atomic mass is 16.5. The first-order valence-corrected chi connectivity index (χ1v) is 15.9. The molecule has 3 aliphatic carbocycles. The van der Waals surface area contributed by atoms with Gasteiger partial charge in [0, 0.05) is 18.0 Å². The molecule has 1 aliphatic heterocycles. The fourth-order valence-electron chi connectivity index (χ4n) is 8.86. The Labute approximate surface area is 240 Å². The zero-order valence-electron chi connectivity index (χ0n) is 24.8. The van der Waals surface area contributed by atoms with Crippen molar-refractivity contribution in [3.8, 4) is 11.5 Å². The van der Waals surface area contributed by atoms with Gasteiger partial charge < -0.3 is 20.1 Å². The van der Waals surface area contributed by atoms with E-state index in [1.807, 2.05) is 24.3 Å². The molecule has 4 aliphatic rings. The first-order chi connectivity index (χ1) is 19.3. The van der Waals surface area contributed by atoms with Crippen LogP contribution in [0.5, 0.6) is 11.5 Å². The van der Waals surface area contributed by atoms with Gasteiger partial charge in [0.05, 0.1) is 0 Å². The zero-order valence-corrected chi connectivity index (χ0v) is 24.8. The summed E-state index contributed by atoms with van der Waals surface area (Å²) in [6.07, 6.45) is 11.4. The van der Waals surface area contributed by atoms with Crippen molar-refractivity contribution in [2.45, 2.75) is 97.0 Å². The van der Waals surface area contributed by atoms with Crippen molar-refractivity contribution in [3.05, 3.63) is 53.1 Å². The largest absolute Gasteiger partial charge is 0.508 e. The molecule has 1 saturated heterocycles. The number of aromatic hydroxyl groups is 1. The smallest absolute Gasteiger partial charge is 0.224 e. The average molecular weight is 545 g/mol. The second-order valence-corrected chi connectivity index (χ2v) is 13.6. The van der Waals surface area contributed by atoms with Gasteiger partial charge in [-0.1, -0.05) is 26.3 Å². The van der Waals surface area contributed by atoms with Gasteiger partial charge in [-0.3, -0.25) is 4.79 Å². The zero-order chi connectivity index (χ0) is 27.9. The van der Waals surface area contributed by atoms with E-state index in [1.54, 1.807) is 0 Å². The molecule has 0 unspecified atom stereocenters. The Balaban J connectivity index is 1.16. The minimum atomic E-state index is 0.0974. The molecule has 2 aromatic rings. The Morgan fingerprint density at radius 3 is 2.73 bits per heavy atom. The number of piperidine rings is 1. The molecule has 0 aromatic heterocycles. The summed E-state index contributed by atoms with van der Waals surface area (Å²) < 4.78 is 6.93. The SMILES string of the molecule is Cc1cc(O[C@H]2C[C@]3(C)[C@@H](C)CC[C@H]3[C@@H]3CCc4cc(O)ccc4[C@H]32)ccc1NC(=O)CCCN1CCCCC1. The first-order valence-electron chi connectivity index (χ1n) is 15.9. The number of fused-ring (bicyclic) bond motifs is 5. The minimum Gasteiger partial charge on any atom is -0.508 e. The molecule has 0 bridgehead atoms. The molecule has 3 fully saturated rings. The van der Waals surface area contributed by atoms with Crippen LogP contribution in [0.3, 0.4) is 0 Å². The van der Waals surface area contributed by atoms with Crippen LogP contribution in [0.1, 0.15) is 94.2 Å². The number of rotatable bonds is 7. The average Bonchev–Trinajstić information content (AvgIpc) is 3.24. The topological polar surface area (TPSA) is 61.8 Å². The summed E-state index contributed by atoms with van der Waals surface area (Å²) in [5.74, 6) is 3.78. The van der Waals surface area contributed by atoms with Crippen molar-refractivity contribution in [1.82, 2.24) is 4.90 Å². The molecule has 6 atom stereocenters. The van der Waals surface area contributed by atoms with Gasteiger partial charge in [0.2, 0.25) is 5.91 Å². The predicted molar refractivity (Wildman–Crippen MR) is 161 cm³/mol. The van der Waals surface area contributed by atoms with E-state index in [4.69, 9.17) is 4.74 Å². The highest BCUT2D eigenvalue weighted by Gasteiger charge is 2.57. The summed E-state index contributed by atoms with van der Waals surface area (Å²) in [5, 5.41) is 13.3. The van der Waals surface area contributed by atoms with Crippen molar-refractivity contribution < 1.29 is 14.6 Å². The van der Waals surface area contributed by atoms with E-state index < -0.39 is 0 Å². The Morgan fingerprint density at radius 1 is 1.10 bits per heavy atom. The lowest BCUT2D eigenvalue weighted by Crippen LogP contribution is -2.50.